The summed E-state index contributed by atoms with van der Waals surface area (Å²) in [5, 5.41) is 10.3. The van der Waals surface area contributed by atoms with Gasteiger partial charge in [-0.2, -0.15) is 10.2 Å². The van der Waals surface area contributed by atoms with E-state index < -0.39 is 0 Å². The molecule has 25 heavy (non-hydrogen) atoms. The monoisotopic (exact) mass is 336 g/mol. The van der Waals surface area contributed by atoms with Crippen LogP contribution in [0.15, 0.2) is 52.7 Å². The van der Waals surface area contributed by atoms with E-state index in [-0.39, 0.29) is 24.2 Å². The topological polar surface area (TPSA) is 82.9 Å². The summed E-state index contributed by atoms with van der Waals surface area (Å²) < 4.78 is 0. The summed E-state index contributed by atoms with van der Waals surface area (Å²) in [6, 6.07) is 14.1. The Bertz CT molecular complexity index is 886. The smallest absolute Gasteiger partial charge is 0.248 e. The SMILES string of the molecule is CC(=NNC(=O)CCC1C(=O)NN=C1C)c1ccc2ccccc2c1. The van der Waals surface area contributed by atoms with E-state index in [1.54, 1.807) is 6.92 Å². The molecule has 2 amide bonds. The minimum Gasteiger partial charge on any atom is -0.273 e. The molecule has 0 fully saturated rings. The van der Waals surface area contributed by atoms with E-state index in [4.69, 9.17) is 0 Å². The van der Waals surface area contributed by atoms with Crippen molar-refractivity contribution in [2.45, 2.75) is 26.7 Å². The molecule has 0 aliphatic carbocycles. The summed E-state index contributed by atoms with van der Waals surface area (Å²) in [5.41, 5.74) is 7.38. The molecule has 6 heteroatoms. The molecule has 0 spiro atoms. The quantitative estimate of drug-likeness (QED) is 0.650. The number of amides is 2. The molecule has 128 valence electrons. The van der Waals surface area contributed by atoms with Crippen molar-refractivity contribution in [1.29, 1.82) is 0 Å². The van der Waals surface area contributed by atoms with Crippen LogP contribution in [-0.4, -0.2) is 23.2 Å². The Labute approximate surface area is 146 Å². The second kappa shape index (κ2) is 7.25. The van der Waals surface area contributed by atoms with Crippen molar-refractivity contribution >= 4 is 34.0 Å². The zero-order valence-electron chi connectivity index (χ0n) is 14.2. The van der Waals surface area contributed by atoms with E-state index in [0.29, 0.717) is 12.1 Å². The third kappa shape index (κ3) is 3.91. The summed E-state index contributed by atoms with van der Waals surface area (Å²) >= 11 is 0. The first-order valence-electron chi connectivity index (χ1n) is 8.21. The Hall–Kier alpha value is -3.02. The van der Waals surface area contributed by atoms with E-state index in [0.717, 1.165) is 22.0 Å². The Morgan fingerprint density at radius 2 is 2.00 bits per heavy atom. The number of hydrogen-bond donors (Lipinski definition) is 2. The van der Waals surface area contributed by atoms with E-state index in [1.807, 2.05) is 43.3 Å². The number of hydrazone groups is 2. The fourth-order valence-electron chi connectivity index (χ4n) is 2.79. The van der Waals surface area contributed by atoms with Crippen LogP contribution in [0.25, 0.3) is 10.8 Å². The summed E-state index contributed by atoms with van der Waals surface area (Å²) in [5.74, 6) is -0.690. The zero-order valence-corrected chi connectivity index (χ0v) is 14.2. The van der Waals surface area contributed by atoms with Crippen molar-refractivity contribution in [3.05, 3.63) is 48.0 Å². The molecule has 1 heterocycles. The Morgan fingerprint density at radius 1 is 1.24 bits per heavy atom. The van der Waals surface area contributed by atoms with Crippen LogP contribution < -0.4 is 10.9 Å². The largest absolute Gasteiger partial charge is 0.273 e. The van der Waals surface area contributed by atoms with Crippen LogP contribution in [0, 0.1) is 5.92 Å². The molecular weight excluding hydrogens is 316 g/mol. The maximum absolute atomic E-state index is 12.0. The highest BCUT2D eigenvalue weighted by Gasteiger charge is 2.26. The number of nitrogens with zero attached hydrogens (tertiary/aromatic N) is 2. The number of nitrogens with one attached hydrogen (secondary N) is 2. The van der Waals surface area contributed by atoms with Gasteiger partial charge in [-0.3, -0.25) is 9.59 Å². The maximum atomic E-state index is 12.0. The minimum atomic E-state index is -0.323. The molecule has 3 rings (SSSR count). The predicted molar refractivity (Wildman–Crippen MR) is 98.3 cm³/mol. The molecule has 0 aromatic heterocycles. The standard InChI is InChI=1S/C19H20N4O2/c1-12(15-8-7-14-5-3-4-6-16(14)11-15)20-22-18(24)10-9-17-13(2)21-23-19(17)25/h3-8,11,17H,9-10H2,1-2H3,(H,22,24)(H,23,25). The van der Waals surface area contributed by atoms with E-state index >= 15 is 0 Å². The third-order valence-electron chi connectivity index (χ3n) is 4.34. The van der Waals surface area contributed by atoms with Crippen molar-refractivity contribution < 1.29 is 9.59 Å². The first kappa shape index (κ1) is 16.8. The van der Waals surface area contributed by atoms with Crippen molar-refractivity contribution in [2.24, 2.45) is 16.1 Å². The van der Waals surface area contributed by atoms with E-state index in [1.165, 1.54) is 0 Å². The predicted octanol–water partition coefficient (Wildman–Crippen LogP) is 2.58. The number of rotatable bonds is 5. The van der Waals surface area contributed by atoms with Gasteiger partial charge < -0.3 is 0 Å². The zero-order chi connectivity index (χ0) is 17.8. The first-order valence-corrected chi connectivity index (χ1v) is 8.21. The lowest BCUT2D eigenvalue weighted by Crippen LogP contribution is -2.25. The van der Waals surface area contributed by atoms with Crippen LogP contribution in [0.3, 0.4) is 0 Å². The number of carbonyl (C=O) groups is 2. The Kier molecular flexibility index (Phi) is 4.88. The number of benzene rings is 2. The molecule has 1 aliphatic heterocycles. The summed E-state index contributed by atoms with van der Waals surface area (Å²) in [4.78, 5) is 23.5. The van der Waals surface area contributed by atoms with Gasteiger partial charge in [-0.15, -0.1) is 0 Å². The Morgan fingerprint density at radius 3 is 2.72 bits per heavy atom. The highest BCUT2D eigenvalue weighted by atomic mass is 16.2. The second-order valence-electron chi connectivity index (χ2n) is 6.11. The lowest BCUT2D eigenvalue weighted by Gasteiger charge is -2.07. The lowest BCUT2D eigenvalue weighted by molar-refractivity contribution is -0.123. The van der Waals surface area contributed by atoms with Crippen LogP contribution in [-0.2, 0) is 9.59 Å². The number of fused-ring (bicyclic) bond motifs is 1. The van der Waals surface area contributed by atoms with E-state index in [9.17, 15) is 9.59 Å². The van der Waals surface area contributed by atoms with Crippen molar-refractivity contribution in [3.63, 3.8) is 0 Å². The molecule has 1 atom stereocenters. The molecule has 1 aliphatic rings. The normalized spacial score (nSPS) is 17.4. The molecular formula is C19H20N4O2. The van der Waals surface area contributed by atoms with Crippen molar-refractivity contribution in [1.82, 2.24) is 10.9 Å². The van der Waals surface area contributed by atoms with Crippen molar-refractivity contribution in [3.8, 4) is 0 Å². The first-order chi connectivity index (χ1) is 12.0. The van der Waals surface area contributed by atoms with Gasteiger partial charge in [0.05, 0.1) is 11.6 Å². The molecule has 1 unspecified atom stereocenters. The van der Waals surface area contributed by atoms with Crippen LogP contribution in [0.2, 0.25) is 0 Å². The van der Waals surface area contributed by atoms with Gasteiger partial charge >= 0.3 is 0 Å². The van der Waals surface area contributed by atoms with Crippen LogP contribution in [0.5, 0.6) is 0 Å². The van der Waals surface area contributed by atoms with Gasteiger partial charge in [-0.25, -0.2) is 10.9 Å². The summed E-state index contributed by atoms with van der Waals surface area (Å²) in [6.45, 7) is 3.63. The van der Waals surface area contributed by atoms with Gasteiger partial charge in [0.25, 0.3) is 0 Å². The van der Waals surface area contributed by atoms with Crippen molar-refractivity contribution in [2.75, 3.05) is 0 Å². The minimum absolute atomic E-state index is 0.152. The summed E-state index contributed by atoms with van der Waals surface area (Å²) in [6.07, 6.45) is 0.650. The third-order valence-corrected chi connectivity index (χ3v) is 4.34. The highest BCUT2D eigenvalue weighted by molar-refractivity contribution is 6.07. The number of carbonyl (C=O) groups excluding carboxylic acids is 2. The molecule has 2 aromatic rings. The second-order valence-corrected chi connectivity index (χ2v) is 6.11. The van der Waals surface area contributed by atoms with Crippen LogP contribution in [0.1, 0.15) is 32.3 Å². The van der Waals surface area contributed by atoms with Gasteiger partial charge in [-0.1, -0.05) is 36.4 Å². The van der Waals surface area contributed by atoms with Gasteiger partial charge in [0.1, 0.15) is 0 Å². The Balaban J connectivity index is 1.59. The molecule has 2 N–H and O–H groups in total. The molecule has 0 saturated heterocycles. The molecule has 0 radical (unpaired) electrons. The highest BCUT2D eigenvalue weighted by Crippen LogP contribution is 2.16. The fraction of sp³-hybridized carbons (Fsp3) is 0.263. The molecule has 0 saturated carbocycles. The van der Waals surface area contributed by atoms with Crippen LogP contribution >= 0.6 is 0 Å². The van der Waals surface area contributed by atoms with Gasteiger partial charge in [0.2, 0.25) is 11.8 Å². The number of hydrogen-bond acceptors (Lipinski definition) is 4. The van der Waals surface area contributed by atoms with Gasteiger partial charge in [0.15, 0.2) is 0 Å². The van der Waals surface area contributed by atoms with Gasteiger partial charge in [-0.05, 0) is 42.7 Å². The average Bonchev–Trinajstić information content (AvgIpc) is 2.95. The van der Waals surface area contributed by atoms with E-state index in [2.05, 4.69) is 27.1 Å². The van der Waals surface area contributed by atoms with Crippen LogP contribution in [0.4, 0.5) is 0 Å². The lowest BCUT2D eigenvalue weighted by atomic mass is 9.99. The van der Waals surface area contributed by atoms with Gasteiger partial charge in [0, 0.05) is 12.1 Å². The summed E-state index contributed by atoms with van der Waals surface area (Å²) in [7, 11) is 0. The maximum Gasteiger partial charge on any atom is 0.248 e. The molecule has 2 aromatic carbocycles. The average molecular weight is 336 g/mol. The molecule has 6 nitrogen and oxygen atoms in total. The fourth-order valence-corrected chi connectivity index (χ4v) is 2.79. The molecule has 0 bridgehead atoms.